The number of hydrogen-bond acceptors (Lipinski definition) is 2. The summed E-state index contributed by atoms with van der Waals surface area (Å²) >= 11 is 3.44. The quantitative estimate of drug-likeness (QED) is 0.720. The Hall–Kier alpha value is -2.07. The second-order valence-electron chi connectivity index (χ2n) is 4.78. The molecule has 0 saturated carbocycles. The monoisotopic (exact) mass is 343 g/mol. The molecule has 0 fully saturated rings. The van der Waals surface area contributed by atoms with E-state index in [0.29, 0.717) is 0 Å². The highest BCUT2D eigenvalue weighted by atomic mass is 79.9. The number of halogens is 1. The zero-order valence-electron chi connectivity index (χ0n) is 11.5. The molecule has 3 rings (SSSR count). The number of hydrogen-bond donors (Lipinski definition) is 1. The third-order valence-electron chi connectivity index (χ3n) is 3.50. The summed E-state index contributed by atoms with van der Waals surface area (Å²) in [6, 6.07) is 16.0. The van der Waals surface area contributed by atoms with Crippen molar-refractivity contribution in [1.29, 1.82) is 0 Å². The minimum absolute atomic E-state index is 0.238. The molecule has 0 saturated heterocycles. The topological polar surface area (TPSA) is 42.1 Å². The first kappa shape index (κ1) is 13.9. The smallest absolute Gasteiger partial charge is 0.310 e. The average molecular weight is 344 g/mol. The van der Waals surface area contributed by atoms with Crippen LogP contribution in [-0.4, -0.2) is 18.1 Å². The van der Waals surface area contributed by atoms with Crippen molar-refractivity contribution in [2.75, 3.05) is 7.11 Å². The second kappa shape index (κ2) is 5.74. The van der Waals surface area contributed by atoms with Crippen LogP contribution in [0.1, 0.15) is 5.56 Å². The molecule has 2 aromatic carbocycles. The first-order valence-corrected chi connectivity index (χ1v) is 7.40. The molecule has 21 heavy (non-hydrogen) atoms. The Kier molecular flexibility index (Phi) is 3.80. The SMILES string of the molecule is COC(=O)Cc1c(-c2ccc(Br)cc2)[nH]c2ccccc12. The van der Waals surface area contributed by atoms with Gasteiger partial charge >= 0.3 is 5.97 Å². The van der Waals surface area contributed by atoms with Crippen LogP contribution >= 0.6 is 15.9 Å². The third-order valence-corrected chi connectivity index (χ3v) is 4.02. The number of carbonyl (C=O) groups is 1. The maximum absolute atomic E-state index is 11.7. The van der Waals surface area contributed by atoms with E-state index < -0.39 is 0 Å². The number of benzene rings is 2. The van der Waals surface area contributed by atoms with Crippen LogP contribution in [0.15, 0.2) is 53.0 Å². The van der Waals surface area contributed by atoms with Crippen LogP contribution in [0.3, 0.4) is 0 Å². The van der Waals surface area contributed by atoms with Gasteiger partial charge in [0.1, 0.15) is 0 Å². The van der Waals surface area contributed by atoms with Gasteiger partial charge in [-0.3, -0.25) is 4.79 Å². The van der Waals surface area contributed by atoms with Gasteiger partial charge in [-0.25, -0.2) is 0 Å². The van der Waals surface area contributed by atoms with E-state index >= 15 is 0 Å². The zero-order valence-corrected chi connectivity index (χ0v) is 13.1. The van der Waals surface area contributed by atoms with E-state index in [2.05, 4.69) is 20.9 Å². The van der Waals surface area contributed by atoms with Gasteiger partial charge < -0.3 is 9.72 Å². The number of H-pyrrole nitrogens is 1. The maximum Gasteiger partial charge on any atom is 0.310 e. The Morgan fingerprint density at radius 2 is 1.86 bits per heavy atom. The minimum atomic E-state index is -0.238. The normalized spacial score (nSPS) is 10.8. The number of rotatable bonds is 3. The van der Waals surface area contributed by atoms with E-state index in [-0.39, 0.29) is 12.4 Å². The van der Waals surface area contributed by atoms with Crippen LogP contribution in [0.2, 0.25) is 0 Å². The second-order valence-corrected chi connectivity index (χ2v) is 5.70. The minimum Gasteiger partial charge on any atom is -0.469 e. The number of aromatic nitrogens is 1. The Morgan fingerprint density at radius 1 is 1.14 bits per heavy atom. The van der Waals surface area contributed by atoms with E-state index in [1.807, 2.05) is 48.5 Å². The molecule has 0 bridgehead atoms. The zero-order chi connectivity index (χ0) is 14.8. The number of esters is 1. The van der Waals surface area contributed by atoms with Crippen LogP contribution in [-0.2, 0) is 16.0 Å². The van der Waals surface area contributed by atoms with E-state index in [0.717, 1.165) is 32.2 Å². The highest BCUT2D eigenvalue weighted by Gasteiger charge is 2.16. The maximum atomic E-state index is 11.7. The van der Waals surface area contributed by atoms with Gasteiger partial charge in [-0.15, -0.1) is 0 Å². The molecule has 106 valence electrons. The predicted octanol–water partition coefficient (Wildman–Crippen LogP) is 4.31. The highest BCUT2D eigenvalue weighted by molar-refractivity contribution is 9.10. The molecule has 0 unspecified atom stereocenters. The molecule has 1 heterocycles. The largest absolute Gasteiger partial charge is 0.469 e. The van der Waals surface area contributed by atoms with E-state index in [4.69, 9.17) is 4.74 Å². The fraction of sp³-hybridized carbons (Fsp3) is 0.118. The van der Waals surface area contributed by atoms with Gasteiger partial charge in [-0.2, -0.15) is 0 Å². The summed E-state index contributed by atoms with van der Waals surface area (Å²) in [5, 5.41) is 1.06. The fourth-order valence-electron chi connectivity index (χ4n) is 2.46. The van der Waals surface area contributed by atoms with Crippen molar-refractivity contribution in [2.24, 2.45) is 0 Å². The van der Waals surface area contributed by atoms with Crippen molar-refractivity contribution in [3.63, 3.8) is 0 Å². The van der Waals surface area contributed by atoms with Crippen molar-refractivity contribution in [3.8, 4) is 11.3 Å². The number of para-hydroxylation sites is 1. The molecule has 1 N–H and O–H groups in total. The summed E-state index contributed by atoms with van der Waals surface area (Å²) in [7, 11) is 1.41. The molecule has 0 aliphatic heterocycles. The summed E-state index contributed by atoms with van der Waals surface area (Å²) in [4.78, 5) is 15.1. The van der Waals surface area contributed by atoms with Crippen molar-refractivity contribution in [2.45, 2.75) is 6.42 Å². The van der Waals surface area contributed by atoms with E-state index in [9.17, 15) is 4.79 Å². The molecule has 1 aromatic heterocycles. The lowest BCUT2D eigenvalue weighted by atomic mass is 10.0. The molecule has 3 nitrogen and oxygen atoms in total. The molecule has 0 spiro atoms. The molecule has 0 radical (unpaired) electrons. The van der Waals surface area contributed by atoms with Crippen molar-refractivity contribution >= 4 is 32.8 Å². The molecule has 0 atom stereocenters. The Morgan fingerprint density at radius 3 is 2.57 bits per heavy atom. The lowest BCUT2D eigenvalue weighted by molar-refractivity contribution is -0.139. The number of ether oxygens (including phenoxy) is 1. The number of carbonyl (C=O) groups excluding carboxylic acids is 1. The molecule has 4 heteroatoms. The van der Waals surface area contributed by atoms with Crippen LogP contribution < -0.4 is 0 Å². The number of fused-ring (bicyclic) bond motifs is 1. The summed E-state index contributed by atoms with van der Waals surface area (Å²) in [6.07, 6.45) is 0.256. The van der Waals surface area contributed by atoms with Gasteiger partial charge in [0.05, 0.1) is 19.2 Å². The Labute approximate surface area is 131 Å². The number of aromatic amines is 1. The number of nitrogens with one attached hydrogen (secondary N) is 1. The summed E-state index contributed by atoms with van der Waals surface area (Å²) in [5.41, 5.74) is 4.01. The Balaban J connectivity index is 2.18. The summed E-state index contributed by atoms with van der Waals surface area (Å²) in [6.45, 7) is 0. The van der Waals surface area contributed by atoms with Crippen LogP contribution in [0.25, 0.3) is 22.2 Å². The fourth-order valence-corrected chi connectivity index (χ4v) is 2.73. The average Bonchev–Trinajstić information content (AvgIpc) is 2.87. The van der Waals surface area contributed by atoms with E-state index in [1.54, 1.807) is 0 Å². The molecular weight excluding hydrogens is 330 g/mol. The third kappa shape index (κ3) is 2.72. The van der Waals surface area contributed by atoms with E-state index in [1.165, 1.54) is 7.11 Å². The van der Waals surface area contributed by atoms with Gasteiger partial charge in [0.15, 0.2) is 0 Å². The summed E-state index contributed by atoms with van der Waals surface area (Å²) < 4.78 is 5.85. The molecule has 0 aliphatic rings. The van der Waals surface area contributed by atoms with Gasteiger partial charge in [0.2, 0.25) is 0 Å². The Bertz CT molecular complexity index is 790. The van der Waals surface area contributed by atoms with Crippen LogP contribution in [0.4, 0.5) is 0 Å². The lowest BCUT2D eigenvalue weighted by Gasteiger charge is -2.04. The molecule has 3 aromatic rings. The van der Waals surface area contributed by atoms with Gasteiger partial charge in [-0.05, 0) is 29.3 Å². The molecular formula is C17H14BrNO2. The van der Waals surface area contributed by atoms with Gasteiger partial charge in [-0.1, -0.05) is 46.3 Å². The van der Waals surface area contributed by atoms with Gasteiger partial charge in [0.25, 0.3) is 0 Å². The van der Waals surface area contributed by atoms with Crippen molar-refractivity contribution in [3.05, 3.63) is 58.6 Å². The summed E-state index contributed by atoms with van der Waals surface area (Å²) in [5.74, 6) is -0.238. The molecule has 0 aliphatic carbocycles. The standard InChI is InChI=1S/C17H14BrNO2/c1-21-16(20)10-14-13-4-2-3-5-15(13)19-17(14)11-6-8-12(18)9-7-11/h2-9,19H,10H2,1H3. The van der Waals surface area contributed by atoms with Crippen LogP contribution in [0.5, 0.6) is 0 Å². The van der Waals surface area contributed by atoms with Gasteiger partial charge in [0, 0.05) is 15.4 Å². The van der Waals surface area contributed by atoms with Crippen molar-refractivity contribution in [1.82, 2.24) is 4.98 Å². The highest BCUT2D eigenvalue weighted by Crippen LogP contribution is 2.31. The first-order valence-electron chi connectivity index (χ1n) is 6.61. The lowest BCUT2D eigenvalue weighted by Crippen LogP contribution is -2.05. The van der Waals surface area contributed by atoms with Crippen LogP contribution in [0, 0.1) is 0 Å². The molecule has 0 amide bonds. The first-order chi connectivity index (χ1) is 10.2. The van der Waals surface area contributed by atoms with Crippen molar-refractivity contribution < 1.29 is 9.53 Å². The number of methoxy groups -OCH3 is 1. The predicted molar refractivity (Wildman–Crippen MR) is 87.2 cm³/mol.